The summed E-state index contributed by atoms with van der Waals surface area (Å²) in [4.78, 5) is 23.4. The van der Waals surface area contributed by atoms with Crippen LogP contribution < -0.4 is 0 Å². The van der Waals surface area contributed by atoms with E-state index in [1.807, 2.05) is 36.4 Å². The number of benzene rings is 1. The molecule has 2 atom stereocenters. The van der Waals surface area contributed by atoms with Gasteiger partial charge in [-0.25, -0.2) is 4.79 Å². The highest BCUT2D eigenvalue weighted by Crippen LogP contribution is 2.43. The number of cyclic esters (lactones) is 1. The van der Waals surface area contributed by atoms with E-state index in [0.29, 0.717) is 12.3 Å². The first-order chi connectivity index (χ1) is 9.94. The maximum Gasteiger partial charge on any atom is 0.331 e. The molecular weight excluding hydrogens is 264 g/mol. The van der Waals surface area contributed by atoms with Crippen LogP contribution in [-0.2, 0) is 19.9 Å². The molecule has 21 heavy (non-hydrogen) atoms. The maximum atomic E-state index is 11.7. The molecule has 0 saturated carbocycles. The summed E-state index contributed by atoms with van der Waals surface area (Å²) in [6.07, 6.45) is 4.53. The summed E-state index contributed by atoms with van der Waals surface area (Å²) in [6, 6.07) is 9.70. The van der Waals surface area contributed by atoms with E-state index < -0.39 is 5.60 Å². The minimum atomic E-state index is -0.811. The molecule has 1 aromatic carbocycles. The molecule has 0 spiro atoms. The lowest BCUT2D eigenvalue weighted by atomic mass is 9.75. The Labute approximate surface area is 126 Å². The minimum Gasteiger partial charge on any atom is -0.446 e. The van der Waals surface area contributed by atoms with Crippen LogP contribution in [-0.4, -0.2) is 11.8 Å². The summed E-state index contributed by atoms with van der Waals surface area (Å²) in [5, 5.41) is 0. The van der Waals surface area contributed by atoms with Crippen molar-refractivity contribution in [1.29, 1.82) is 0 Å². The molecule has 0 radical (unpaired) electrons. The Morgan fingerprint density at radius 1 is 1.24 bits per heavy atom. The van der Waals surface area contributed by atoms with Gasteiger partial charge in [0.05, 0.1) is 0 Å². The Bertz CT molecular complexity index is 545. The van der Waals surface area contributed by atoms with Crippen LogP contribution in [0.1, 0.15) is 39.2 Å². The van der Waals surface area contributed by atoms with E-state index >= 15 is 0 Å². The summed E-state index contributed by atoms with van der Waals surface area (Å²) in [6.45, 7) is 5.82. The van der Waals surface area contributed by atoms with Crippen molar-refractivity contribution < 1.29 is 14.3 Å². The Kier molecular flexibility index (Phi) is 4.61. The number of carbonyl (C=O) groups excluding carboxylic acids is 2. The van der Waals surface area contributed by atoms with E-state index in [9.17, 15) is 9.59 Å². The third kappa shape index (κ3) is 3.41. The van der Waals surface area contributed by atoms with Gasteiger partial charge in [-0.2, -0.15) is 0 Å². The van der Waals surface area contributed by atoms with Crippen LogP contribution in [0.15, 0.2) is 42.5 Å². The largest absolute Gasteiger partial charge is 0.446 e. The van der Waals surface area contributed by atoms with Gasteiger partial charge in [0.1, 0.15) is 5.78 Å². The standard InChI is InChI=1S/C18H22O3/c1-13(2)11-16(12-14(3)19)18(10-9-17(20)21-18)15-7-5-4-6-8-15/h4-10,13,16H,11-12H2,1-3H3/t16-,18-/m1/s1. The van der Waals surface area contributed by atoms with Crippen LogP contribution in [0.5, 0.6) is 0 Å². The summed E-state index contributed by atoms with van der Waals surface area (Å²) < 4.78 is 5.70. The average molecular weight is 286 g/mol. The van der Waals surface area contributed by atoms with Crippen molar-refractivity contribution in [2.75, 3.05) is 0 Å². The first-order valence-electron chi connectivity index (χ1n) is 7.41. The van der Waals surface area contributed by atoms with Gasteiger partial charge in [-0.15, -0.1) is 0 Å². The SMILES string of the molecule is CC(=O)C[C@@H](CC(C)C)[C@]1(c2ccccc2)C=CC(=O)O1. The van der Waals surface area contributed by atoms with Gasteiger partial charge in [0.2, 0.25) is 0 Å². The fourth-order valence-electron chi connectivity index (χ4n) is 3.06. The molecule has 0 N–H and O–H groups in total. The van der Waals surface area contributed by atoms with Crippen molar-refractivity contribution in [3.63, 3.8) is 0 Å². The smallest absolute Gasteiger partial charge is 0.331 e. The fourth-order valence-corrected chi connectivity index (χ4v) is 3.06. The molecule has 0 aliphatic carbocycles. The molecule has 2 rings (SSSR count). The van der Waals surface area contributed by atoms with Gasteiger partial charge < -0.3 is 9.53 Å². The van der Waals surface area contributed by atoms with Crippen molar-refractivity contribution in [2.24, 2.45) is 11.8 Å². The zero-order valence-corrected chi connectivity index (χ0v) is 12.8. The molecule has 1 heterocycles. The molecule has 1 aliphatic heterocycles. The van der Waals surface area contributed by atoms with E-state index in [0.717, 1.165) is 12.0 Å². The number of hydrogen-bond acceptors (Lipinski definition) is 3. The highest BCUT2D eigenvalue weighted by Gasteiger charge is 2.45. The lowest BCUT2D eigenvalue weighted by Crippen LogP contribution is -2.37. The number of rotatable bonds is 6. The zero-order valence-electron chi connectivity index (χ0n) is 12.8. The van der Waals surface area contributed by atoms with Gasteiger partial charge in [-0.1, -0.05) is 44.2 Å². The van der Waals surface area contributed by atoms with Crippen molar-refractivity contribution in [3.05, 3.63) is 48.0 Å². The van der Waals surface area contributed by atoms with E-state index in [1.165, 1.54) is 6.08 Å². The molecule has 3 heteroatoms. The van der Waals surface area contributed by atoms with Crippen molar-refractivity contribution in [2.45, 2.75) is 39.2 Å². The Morgan fingerprint density at radius 3 is 2.38 bits per heavy atom. The summed E-state index contributed by atoms with van der Waals surface area (Å²) in [5.74, 6) is 0.159. The topological polar surface area (TPSA) is 43.4 Å². The molecule has 0 amide bonds. The van der Waals surface area contributed by atoms with E-state index in [-0.39, 0.29) is 17.7 Å². The molecular formula is C18H22O3. The molecule has 3 nitrogen and oxygen atoms in total. The summed E-state index contributed by atoms with van der Waals surface area (Å²) in [5.41, 5.74) is 0.118. The van der Waals surface area contributed by atoms with E-state index in [1.54, 1.807) is 6.92 Å². The van der Waals surface area contributed by atoms with E-state index in [2.05, 4.69) is 13.8 Å². The van der Waals surface area contributed by atoms with Gasteiger partial charge in [0.15, 0.2) is 5.60 Å². The first-order valence-corrected chi connectivity index (χ1v) is 7.41. The highest BCUT2D eigenvalue weighted by molar-refractivity contribution is 5.86. The van der Waals surface area contributed by atoms with Gasteiger partial charge in [0, 0.05) is 18.4 Å². The predicted octanol–water partition coefficient (Wildman–Crippen LogP) is 3.64. The van der Waals surface area contributed by atoms with Crippen LogP contribution in [0.4, 0.5) is 0 Å². The van der Waals surface area contributed by atoms with Crippen LogP contribution in [0.3, 0.4) is 0 Å². The first kappa shape index (κ1) is 15.5. The van der Waals surface area contributed by atoms with Gasteiger partial charge in [-0.05, 0) is 30.9 Å². The summed E-state index contributed by atoms with van der Waals surface area (Å²) in [7, 11) is 0. The Morgan fingerprint density at radius 2 is 1.90 bits per heavy atom. The lowest BCUT2D eigenvalue weighted by molar-refractivity contribution is -0.153. The van der Waals surface area contributed by atoms with Crippen molar-refractivity contribution >= 4 is 11.8 Å². The number of carbonyl (C=O) groups is 2. The highest BCUT2D eigenvalue weighted by atomic mass is 16.6. The number of Topliss-reactive ketones (excluding diaryl/α,β-unsaturated/α-hetero) is 1. The predicted molar refractivity (Wildman–Crippen MR) is 81.6 cm³/mol. The van der Waals surface area contributed by atoms with Crippen LogP contribution in [0.25, 0.3) is 0 Å². The summed E-state index contributed by atoms with van der Waals surface area (Å²) >= 11 is 0. The molecule has 0 aromatic heterocycles. The second kappa shape index (κ2) is 6.25. The van der Waals surface area contributed by atoms with Crippen LogP contribution in [0, 0.1) is 11.8 Å². The number of ether oxygens (including phenoxy) is 1. The fraction of sp³-hybridized carbons (Fsp3) is 0.444. The lowest BCUT2D eigenvalue weighted by Gasteiger charge is -2.36. The normalized spacial score (nSPS) is 22.4. The number of ketones is 1. The van der Waals surface area contributed by atoms with Crippen molar-refractivity contribution in [1.82, 2.24) is 0 Å². The third-order valence-electron chi connectivity index (χ3n) is 3.86. The molecule has 0 saturated heterocycles. The third-order valence-corrected chi connectivity index (χ3v) is 3.86. The second-order valence-electron chi connectivity index (χ2n) is 6.15. The van der Waals surface area contributed by atoms with Crippen LogP contribution in [0.2, 0.25) is 0 Å². The molecule has 1 aliphatic rings. The Balaban J connectivity index is 2.45. The van der Waals surface area contributed by atoms with Gasteiger partial charge >= 0.3 is 5.97 Å². The molecule has 1 aromatic rings. The number of hydrogen-bond donors (Lipinski definition) is 0. The Hall–Kier alpha value is -1.90. The van der Waals surface area contributed by atoms with Gasteiger partial charge in [-0.3, -0.25) is 0 Å². The van der Waals surface area contributed by atoms with Crippen molar-refractivity contribution in [3.8, 4) is 0 Å². The minimum absolute atomic E-state index is 0.0416. The second-order valence-corrected chi connectivity index (χ2v) is 6.15. The molecule has 112 valence electrons. The molecule has 0 fully saturated rings. The quantitative estimate of drug-likeness (QED) is 0.750. The number of esters is 1. The monoisotopic (exact) mass is 286 g/mol. The molecule has 0 unspecified atom stereocenters. The average Bonchev–Trinajstić information content (AvgIpc) is 2.81. The molecule has 0 bridgehead atoms. The maximum absolute atomic E-state index is 11.7. The van der Waals surface area contributed by atoms with Crippen LogP contribution >= 0.6 is 0 Å². The van der Waals surface area contributed by atoms with E-state index in [4.69, 9.17) is 4.74 Å². The zero-order chi connectivity index (χ0) is 15.5. The van der Waals surface area contributed by atoms with Gasteiger partial charge in [0.25, 0.3) is 0 Å².